The summed E-state index contributed by atoms with van der Waals surface area (Å²) in [6.45, 7) is 3.78. The van der Waals surface area contributed by atoms with Crippen LogP contribution in [-0.2, 0) is 4.79 Å². The predicted octanol–water partition coefficient (Wildman–Crippen LogP) is 0.121. The molecule has 0 aliphatic rings. The van der Waals surface area contributed by atoms with Gasteiger partial charge in [0.1, 0.15) is 6.04 Å². The van der Waals surface area contributed by atoms with Gasteiger partial charge >= 0.3 is 12.0 Å². The summed E-state index contributed by atoms with van der Waals surface area (Å²) < 4.78 is 0. The topological polar surface area (TPSA) is 69.6 Å². The second kappa shape index (κ2) is 4.58. The van der Waals surface area contributed by atoms with Crippen LogP contribution in [0.2, 0.25) is 0 Å². The summed E-state index contributed by atoms with van der Waals surface area (Å²) in [5.41, 5.74) is 0. The number of amides is 2. The summed E-state index contributed by atoms with van der Waals surface area (Å²) in [7, 11) is 1.60. The second-order valence-corrected chi connectivity index (χ2v) is 2.52. The lowest BCUT2D eigenvalue weighted by molar-refractivity contribution is -0.138. The second-order valence-electron chi connectivity index (χ2n) is 2.52. The molecule has 0 aliphatic carbocycles. The van der Waals surface area contributed by atoms with Crippen molar-refractivity contribution in [3.8, 4) is 0 Å². The van der Waals surface area contributed by atoms with Crippen LogP contribution < -0.4 is 5.32 Å². The van der Waals surface area contributed by atoms with Crippen molar-refractivity contribution in [1.82, 2.24) is 10.2 Å². The van der Waals surface area contributed by atoms with Crippen LogP contribution in [-0.4, -0.2) is 41.6 Å². The number of aliphatic carboxylic acids is 1. The molecule has 70 valence electrons. The van der Waals surface area contributed by atoms with Gasteiger partial charge in [0.2, 0.25) is 0 Å². The average molecular weight is 174 g/mol. The minimum absolute atomic E-state index is 0.368. The van der Waals surface area contributed by atoms with E-state index in [9.17, 15) is 9.59 Å². The van der Waals surface area contributed by atoms with Crippen LogP contribution in [0.15, 0.2) is 0 Å². The van der Waals surface area contributed by atoms with E-state index in [1.807, 2.05) is 6.92 Å². The molecule has 5 heteroatoms. The molecule has 0 aromatic rings. The molecule has 0 aliphatic heterocycles. The van der Waals surface area contributed by atoms with Crippen LogP contribution in [0, 0.1) is 0 Å². The van der Waals surface area contributed by atoms with E-state index < -0.39 is 12.0 Å². The van der Waals surface area contributed by atoms with E-state index in [1.54, 1.807) is 7.05 Å². The summed E-state index contributed by atoms with van der Waals surface area (Å²) in [5, 5.41) is 10.8. The van der Waals surface area contributed by atoms with Gasteiger partial charge in [-0.3, -0.25) is 4.79 Å². The first-order chi connectivity index (χ1) is 5.49. The summed E-state index contributed by atoms with van der Waals surface area (Å²) >= 11 is 0. The molecule has 12 heavy (non-hydrogen) atoms. The Morgan fingerprint density at radius 1 is 1.58 bits per heavy atom. The van der Waals surface area contributed by atoms with Crippen molar-refractivity contribution < 1.29 is 14.7 Å². The molecule has 0 spiro atoms. The molecule has 2 amide bonds. The zero-order chi connectivity index (χ0) is 9.72. The van der Waals surface area contributed by atoms with Gasteiger partial charge in [-0.2, -0.15) is 0 Å². The van der Waals surface area contributed by atoms with E-state index in [0.717, 1.165) is 0 Å². The summed E-state index contributed by atoms with van der Waals surface area (Å²) in [6.07, 6.45) is 0. The van der Waals surface area contributed by atoms with E-state index in [-0.39, 0.29) is 6.03 Å². The number of hydrogen-bond donors (Lipinski definition) is 2. The highest BCUT2D eigenvalue weighted by molar-refractivity contribution is 5.81. The van der Waals surface area contributed by atoms with Crippen molar-refractivity contribution in [3.63, 3.8) is 0 Å². The van der Waals surface area contributed by atoms with Gasteiger partial charge in [0.25, 0.3) is 0 Å². The number of rotatable bonds is 3. The van der Waals surface area contributed by atoms with E-state index in [1.165, 1.54) is 11.8 Å². The van der Waals surface area contributed by atoms with E-state index in [4.69, 9.17) is 5.11 Å². The number of nitrogens with zero attached hydrogens (tertiary/aromatic N) is 1. The van der Waals surface area contributed by atoms with Gasteiger partial charge in [-0.25, -0.2) is 4.79 Å². The van der Waals surface area contributed by atoms with Crippen molar-refractivity contribution in [2.75, 3.05) is 13.6 Å². The van der Waals surface area contributed by atoms with Crippen LogP contribution in [0.1, 0.15) is 13.8 Å². The molecular formula is C7H14N2O3. The standard InChI is InChI=1S/C7H14N2O3/c1-4-9(3)7(12)8-5(2)6(10)11/h5H,4H2,1-3H3,(H,8,12)(H,10,11)/t5-/m1/s1. The van der Waals surface area contributed by atoms with Gasteiger partial charge in [-0.1, -0.05) is 0 Å². The highest BCUT2D eigenvalue weighted by atomic mass is 16.4. The lowest BCUT2D eigenvalue weighted by atomic mass is 10.3. The van der Waals surface area contributed by atoms with Crippen molar-refractivity contribution in [1.29, 1.82) is 0 Å². The maximum atomic E-state index is 11.0. The maximum Gasteiger partial charge on any atom is 0.325 e. The zero-order valence-corrected chi connectivity index (χ0v) is 7.50. The van der Waals surface area contributed by atoms with Crippen molar-refractivity contribution in [3.05, 3.63) is 0 Å². The lowest BCUT2D eigenvalue weighted by Crippen LogP contribution is -2.45. The summed E-state index contributed by atoms with van der Waals surface area (Å²) in [5.74, 6) is -1.03. The molecule has 0 unspecified atom stereocenters. The molecule has 1 atom stereocenters. The Bertz CT molecular complexity index is 181. The Hall–Kier alpha value is -1.26. The van der Waals surface area contributed by atoms with Gasteiger partial charge < -0.3 is 15.3 Å². The van der Waals surface area contributed by atoms with Crippen molar-refractivity contribution in [2.24, 2.45) is 0 Å². The molecule has 0 rings (SSSR count). The van der Waals surface area contributed by atoms with Crippen molar-refractivity contribution >= 4 is 12.0 Å². The Kier molecular flexibility index (Phi) is 4.10. The first-order valence-electron chi connectivity index (χ1n) is 3.73. The summed E-state index contributed by atoms with van der Waals surface area (Å²) in [4.78, 5) is 22.8. The Labute approximate surface area is 71.4 Å². The van der Waals surface area contributed by atoms with E-state index in [0.29, 0.717) is 6.54 Å². The number of carboxylic acids is 1. The Morgan fingerprint density at radius 2 is 2.08 bits per heavy atom. The molecule has 0 bridgehead atoms. The third-order valence-corrected chi connectivity index (χ3v) is 1.53. The monoisotopic (exact) mass is 174 g/mol. The first kappa shape index (κ1) is 10.7. The number of carboxylic acid groups (broad SMARTS) is 1. The largest absolute Gasteiger partial charge is 0.480 e. The highest BCUT2D eigenvalue weighted by Gasteiger charge is 2.15. The number of carbonyl (C=O) groups excluding carboxylic acids is 1. The molecule has 0 radical (unpaired) electrons. The molecule has 0 saturated heterocycles. The molecule has 0 aromatic heterocycles. The first-order valence-corrected chi connectivity index (χ1v) is 3.73. The number of carbonyl (C=O) groups is 2. The summed E-state index contributed by atoms with van der Waals surface area (Å²) in [6, 6.07) is -1.21. The fourth-order valence-corrected chi connectivity index (χ4v) is 0.501. The number of urea groups is 1. The van der Waals surface area contributed by atoms with Gasteiger partial charge in [0.05, 0.1) is 0 Å². The van der Waals surface area contributed by atoms with Gasteiger partial charge in [-0.05, 0) is 13.8 Å². The third kappa shape index (κ3) is 3.23. The Balaban J connectivity index is 3.92. The van der Waals surface area contributed by atoms with Crippen LogP contribution >= 0.6 is 0 Å². The Morgan fingerprint density at radius 3 is 2.42 bits per heavy atom. The van der Waals surface area contributed by atoms with Gasteiger partial charge in [0.15, 0.2) is 0 Å². The normalized spacial score (nSPS) is 11.9. The fraction of sp³-hybridized carbons (Fsp3) is 0.714. The molecule has 5 nitrogen and oxygen atoms in total. The molecule has 2 N–H and O–H groups in total. The SMILES string of the molecule is CCN(C)C(=O)N[C@H](C)C(=O)O. The molecule has 0 heterocycles. The van der Waals surface area contributed by atoms with Gasteiger partial charge in [-0.15, -0.1) is 0 Å². The predicted molar refractivity (Wildman–Crippen MR) is 43.9 cm³/mol. The quantitative estimate of drug-likeness (QED) is 0.638. The van der Waals surface area contributed by atoms with E-state index in [2.05, 4.69) is 5.32 Å². The van der Waals surface area contributed by atoms with Crippen LogP contribution in [0.3, 0.4) is 0 Å². The number of hydrogen-bond acceptors (Lipinski definition) is 2. The minimum Gasteiger partial charge on any atom is -0.480 e. The third-order valence-electron chi connectivity index (χ3n) is 1.53. The smallest absolute Gasteiger partial charge is 0.325 e. The van der Waals surface area contributed by atoms with Crippen LogP contribution in [0.4, 0.5) is 4.79 Å². The van der Waals surface area contributed by atoms with Crippen LogP contribution in [0.25, 0.3) is 0 Å². The zero-order valence-electron chi connectivity index (χ0n) is 7.50. The maximum absolute atomic E-state index is 11.0. The van der Waals surface area contributed by atoms with Crippen LogP contribution in [0.5, 0.6) is 0 Å². The van der Waals surface area contributed by atoms with E-state index >= 15 is 0 Å². The fourth-order valence-electron chi connectivity index (χ4n) is 0.501. The minimum atomic E-state index is -1.03. The lowest BCUT2D eigenvalue weighted by Gasteiger charge is -2.17. The number of nitrogens with one attached hydrogen (secondary N) is 1. The van der Waals surface area contributed by atoms with Crippen molar-refractivity contribution in [2.45, 2.75) is 19.9 Å². The average Bonchev–Trinajstić information content (AvgIpc) is 2.02. The molecule has 0 fully saturated rings. The highest BCUT2D eigenvalue weighted by Crippen LogP contribution is 1.86. The molecular weight excluding hydrogens is 160 g/mol. The molecule has 0 aromatic carbocycles. The molecule has 0 saturated carbocycles. The van der Waals surface area contributed by atoms with Gasteiger partial charge in [0, 0.05) is 13.6 Å².